The minimum Gasteiger partial charge on any atom is -0.459 e. The third kappa shape index (κ3) is 3.42. The standard InChI is InChI=1S/C15H17N3O3/c1-10-6-7-21-14(10)15(20)18(9-13(17)19)8-11-4-2-3-5-12(11)16/h2-7H,8-9,16H2,1H3,(H2,17,19). The number of rotatable bonds is 5. The van der Waals surface area contributed by atoms with Crippen molar-refractivity contribution in [1.82, 2.24) is 4.90 Å². The Hall–Kier alpha value is -2.76. The molecule has 6 nitrogen and oxygen atoms in total. The van der Waals surface area contributed by atoms with Crippen LogP contribution in [-0.4, -0.2) is 23.3 Å². The van der Waals surface area contributed by atoms with Crippen molar-refractivity contribution in [2.24, 2.45) is 5.73 Å². The van der Waals surface area contributed by atoms with Crippen molar-refractivity contribution in [2.45, 2.75) is 13.5 Å². The van der Waals surface area contributed by atoms with Gasteiger partial charge in [0.15, 0.2) is 5.76 Å². The average molecular weight is 287 g/mol. The first-order valence-corrected chi connectivity index (χ1v) is 6.44. The number of carbonyl (C=O) groups excluding carboxylic acids is 2. The van der Waals surface area contributed by atoms with E-state index in [9.17, 15) is 9.59 Å². The van der Waals surface area contributed by atoms with Crippen LogP contribution in [0.3, 0.4) is 0 Å². The molecule has 0 atom stereocenters. The van der Waals surface area contributed by atoms with E-state index >= 15 is 0 Å². The third-order valence-electron chi connectivity index (χ3n) is 3.11. The molecule has 0 saturated heterocycles. The molecule has 2 aromatic rings. The van der Waals surface area contributed by atoms with Gasteiger partial charge in [-0.1, -0.05) is 18.2 Å². The lowest BCUT2D eigenvalue weighted by Gasteiger charge is -2.21. The van der Waals surface area contributed by atoms with Crippen LogP contribution in [0.5, 0.6) is 0 Å². The van der Waals surface area contributed by atoms with Crippen molar-refractivity contribution in [3.05, 3.63) is 53.5 Å². The Morgan fingerprint density at radius 2 is 1.95 bits per heavy atom. The SMILES string of the molecule is Cc1ccoc1C(=O)N(CC(N)=O)Cc1ccccc1N. The van der Waals surface area contributed by atoms with E-state index in [0.29, 0.717) is 11.3 Å². The highest BCUT2D eigenvalue weighted by Crippen LogP contribution is 2.17. The molecule has 0 spiro atoms. The summed E-state index contributed by atoms with van der Waals surface area (Å²) in [7, 11) is 0. The van der Waals surface area contributed by atoms with E-state index in [2.05, 4.69) is 0 Å². The largest absolute Gasteiger partial charge is 0.459 e. The Bertz CT molecular complexity index is 664. The van der Waals surface area contributed by atoms with E-state index in [1.807, 2.05) is 6.07 Å². The van der Waals surface area contributed by atoms with Crippen LogP contribution in [0.4, 0.5) is 5.69 Å². The van der Waals surface area contributed by atoms with Gasteiger partial charge in [-0.3, -0.25) is 9.59 Å². The Morgan fingerprint density at radius 3 is 2.52 bits per heavy atom. The molecule has 6 heteroatoms. The molecule has 0 aliphatic rings. The lowest BCUT2D eigenvalue weighted by molar-refractivity contribution is -0.118. The average Bonchev–Trinajstić information content (AvgIpc) is 2.85. The minimum absolute atomic E-state index is 0.189. The van der Waals surface area contributed by atoms with Crippen molar-refractivity contribution < 1.29 is 14.0 Å². The summed E-state index contributed by atoms with van der Waals surface area (Å²) in [4.78, 5) is 25.0. The molecule has 2 amide bonds. The number of nitrogen functional groups attached to an aromatic ring is 1. The fourth-order valence-electron chi connectivity index (χ4n) is 2.01. The van der Waals surface area contributed by atoms with Gasteiger partial charge in [0.1, 0.15) is 6.54 Å². The maximum atomic E-state index is 12.5. The third-order valence-corrected chi connectivity index (χ3v) is 3.11. The maximum Gasteiger partial charge on any atom is 0.290 e. The predicted molar refractivity (Wildman–Crippen MR) is 78.2 cm³/mol. The van der Waals surface area contributed by atoms with Crippen LogP contribution in [0.15, 0.2) is 41.0 Å². The number of para-hydroxylation sites is 1. The zero-order valence-electron chi connectivity index (χ0n) is 11.7. The molecule has 21 heavy (non-hydrogen) atoms. The molecule has 0 radical (unpaired) electrons. The lowest BCUT2D eigenvalue weighted by Crippen LogP contribution is -2.38. The Balaban J connectivity index is 2.27. The molecule has 2 rings (SSSR count). The van der Waals surface area contributed by atoms with Crippen LogP contribution in [0.1, 0.15) is 21.7 Å². The Morgan fingerprint density at radius 1 is 1.24 bits per heavy atom. The number of carbonyl (C=O) groups is 2. The van der Waals surface area contributed by atoms with Crippen LogP contribution in [0, 0.1) is 6.92 Å². The summed E-state index contributed by atoms with van der Waals surface area (Å²) >= 11 is 0. The predicted octanol–water partition coefficient (Wildman–Crippen LogP) is 1.30. The topological polar surface area (TPSA) is 103 Å². The molecular weight excluding hydrogens is 270 g/mol. The van der Waals surface area contributed by atoms with Gasteiger partial charge < -0.3 is 20.8 Å². The number of nitrogens with zero attached hydrogens (tertiary/aromatic N) is 1. The first-order chi connectivity index (χ1) is 9.99. The second-order valence-corrected chi connectivity index (χ2v) is 4.76. The van der Waals surface area contributed by atoms with Crippen LogP contribution >= 0.6 is 0 Å². The summed E-state index contributed by atoms with van der Waals surface area (Å²) in [5.74, 6) is -0.785. The maximum absolute atomic E-state index is 12.5. The number of aryl methyl sites for hydroxylation is 1. The fourth-order valence-corrected chi connectivity index (χ4v) is 2.01. The van der Waals surface area contributed by atoms with Gasteiger partial charge in [0.2, 0.25) is 5.91 Å². The summed E-state index contributed by atoms with van der Waals surface area (Å²) in [6.07, 6.45) is 1.43. The summed E-state index contributed by atoms with van der Waals surface area (Å²) in [5, 5.41) is 0. The number of furan rings is 1. The number of hydrogen-bond acceptors (Lipinski definition) is 4. The molecule has 1 aromatic carbocycles. The summed E-state index contributed by atoms with van der Waals surface area (Å²) in [6, 6.07) is 8.84. The van der Waals surface area contributed by atoms with Crippen LogP contribution in [-0.2, 0) is 11.3 Å². The highest BCUT2D eigenvalue weighted by atomic mass is 16.3. The van der Waals surface area contributed by atoms with Crippen molar-refractivity contribution >= 4 is 17.5 Å². The van der Waals surface area contributed by atoms with Gasteiger partial charge in [-0.25, -0.2) is 0 Å². The van der Waals surface area contributed by atoms with Crippen LogP contribution < -0.4 is 11.5 Å². The van der Waals surface area contributed by atoms with Crippen LogP contribution in [0.25, 0.3) is 0 Å². The molecule has 0 aliphatic heterocycles. The number of anilines is 1. The van der Waals surface area contributed by atoms with Crippen molar-refractivity contribution in [3.8, 4) is 0 Å². The zero-order valence-corrected chi connectivity index (χ0v) is 11.7. The first-order valence-electron chi connectivity index (χ1n) is 6.44. The lowest BCUT2D eigenvalue weighted by atomic mass is 10.1. The normalized spacial score (nSPS) is 10.3. The summed E-state index contributed by atoms with van der Waals surface area (Å²) in [5.41, 5.74) is 13.1. The molecule has 0 bridgehead atoms. The van der Waals surface area contributed by atoms with Crippen molar-refractivity contribution in [2.75, 3.05) is 12.3 Å². The van der Waals surface area contributed by atoms with Gasteiger partial charge in [0.05, 0.1) is 6.26 Å². The van der Waals surface area contributed by atoms with E-state index in [1.54, 1.807) is 31.2 Å². The molecule has 110 valence electrons. The van der Waals surface area contributed by atoms with Crippen molar-refractivity contribution in [3.63, 3.8) is 0 Å². The molecule has 0 saturated carbocycles. The zero-order chi connectivity index (χ0) is 15.4. The highest BCUT2D eigenvalue weighted by molar-refractivity contribution is 5.95. The smallest absolute Gasteiger partial charge is 0.290 e. The monoisotopic (exact) mass is 287 g/mol. The molecule has 0 fully saturated rings. The first kappa shape index (κ1) is 14.6. The highest BCUT2D eigenvalue weighted by Gasteiger charge is 2.22. The van der Waals surface area contributed by atoms with E-state index < -0.39 is 5.91 Å². The molecule has 0 unspecified atom stereocenters. The second-order valence-electron chi connectivity index (χ2n) is 4.76. The molecule has 0 aliphatic carbocycles. The van der Waals surface area contributed by atoms with Gasteiger partial charge in [-0.2, -0.15) is 0 Å². The van der Waals surface area contributed by atoms with Gasteiger partial charge >= 0.3 is 0 Å². The Labute approximate surface area is 122 Å². The van der Waals surface area contributed by atoms with Crippen LogP contribution in [0.2, 0.25) is 0 Å². The number of amides is 2. The van der Waals surface area contributed by atoms with E-state index in [1.165, 1.54) is 11.2 Å². The number of hydrogen-bond donors (Lipinski definition) is 2. The quantitative estimate of drug-likeness (QED) is 0.809. The van der Waals surface area contributed by atoms with Gasteiger partial charge in [0.25, 0.3) is 5.91 Å². The molecule has 1 heterocycles. The van der Waals surface area contributed by atoms with Gasteiger partial charge in [0, 0.05) is 17.8 Å². The number of primary amides is 1. The summed E-state index contributed by atoms with van der Waals surface area (Å²) < 4.78 is 5.18. The Kier molecular flexibility index (Phi) is 4.27. The van der Waals surface area contributed by atoms with E-state index in [4.69, 9.17) is 15.9 Å². The molecule has 1 aromatic heterocycles. The molecular formula is C15H17N3O3. The minimum atomic E-state index is -0.595. The van der Waals surface area contributed by atoms with Gasteiger partial charge in [-0.15, -0.1) is 0 Å². The molecule has 4 N–H and O–H groups in total. The van der Waals surface area contributed by atoms with E-state index in [0.717, 1.165) is 5.56 Å². The number of benzene rings is 1. The number of nitrogens with two attached hydrogens (primary N) is 2. The fraction of sp³-hybridized carbons (Fsp3) is 0.200. The van der Waals surface area contributed by atoms with Gasteiger partial charge in [-0.05, 0) is 24.6 Å². The van der Waals surface area contributed by atoms with Crippen molar-refractivity contribution in [1.29, 1.82) is 0 Å². The van der Waals surface area contributed by atoms with E-state index in [-0.39, 0.29) is 24.8 Å². The second kappa shape index (κ2) is 6.13. The summed E-state index contributed by atoms with van der Waals surface area (Å²) in [6.45, 7) is 1.75.